The van der Waals surface area contributed by atoms with E-state index in [9.17, 15) is 0 Å². The van der Waals surface area contributed by atoms with Gasteiger partial charge < -0.3 is 0 Å². The van der Waals surface area contributed by atoms with Crippen molar-refractivity contribution in [3.8, 4) is 0 Å². The first kappa shape index (κ1) is 7.33. The molecule has 0 atom stereocenters. The molecule has 0 amide bonds. The van der Waals surface area contributed by atoms with Crippen molar-refractivity contribution >= 4 is 0 Å². The predicted octanol–water partition coefficient (Wildman–Crippen LogP) is 3.23. The zero-order chi connectivity index (χ0) is 7.23. The lowest BCUT2D eigenvalue weighted by molar-refractivity contribution is 0.764. The average molecular weight is 134 g/mol. The van der Waals surface area contributed by atoms with Gasteiger partial charge in [0.15, 0.2) is 0 Å². The van der Waals surface area contributed by atoms with E-state index in [0.717, 1.165) is 5.57 Å². The zero-order valence-electron chi connectivity index (χ0n) is 6.34. The molecule has 1 rings (SSSR count). The van der Waals surface area contributed by atoms with Crippen molar-refractivity contribution in [1.82, 2.24) is 0 Å². The van der Waals surface area contributed by atoms with Crippen LogP contribution in [0.1, 0.15) is 25.7 Å². The van der Waals surface area contributed by atoms with Gasteiger partial charge in [0.2, 0.25) is 0 Å². The van der Waals surface area contributed by atoms with Crippen LogP contribution in [0.3, 0.4) is 0 Å². The summed E-state index contributed by atoms with van der Waals surface area (Å²) in [4.78, 5) is 0. The Kier molecular flexibility index (Phi) is 3.01. The lowest BCUT2D eigenvalue weighted by Crippen LogP contribution is -1.69. The van der Waals surface area contributed by atoms with Gasteiger partial charge in [0.1, 0.15) is 0 Å². The zero-order valence-corrected chi connectivity index (χ0v) is 6.34. The van der Waals surface area contributed by atoms with E-state index in [1.54, 1.807) is 0 Å². The van der Waals surface area contributed by atoms with Crippen molar-refractivity contribution < 1.29 is 0 Å². The fourth-order valence-electron chi connectivity index (χ4n) is 1.05. The maximum Gasteiger partial charge on any atom is -0.0335 e. The van der Waals surface area contributed by atoms with E-state index in [-0.39, 0.29) is 0 Å². The third kappa shape index (κ3) is 2.67. The van der Waals surface area contributed by atoms with E-state index in [1.807, 2.05) is 0 Å². The minimum absolute atomic E-state index is 1.13. The first-order valence-corrected chi connectivity index (χ1v) is 3.91. The normalized spacial score (nSPS) is 23.0. The van der Waals surface area contributed by atoms with Gasteiger partial charge in [0.05, 0.1) is 0 Å². The van der Waals surface area contributed by atoms with Crippen LogP contribution in [-0.4, -0.2) is 0 Å². The molecule has 0 spiro atoms. The molecule has 1 aliphatic rings. The van der Waals surface area contributed by atoms with Gasteiger partial charge in [-0.2, -0.15) is 0 Å². The van der Waals surface area contributed by atoms with Crippen LogP contribution in [0.4, 0.5) is 0 Å². The number of hydrogen-bond donors (Lipinski definition) is 0. The molecular formula is C10H14. The molecule has 0 aliphatic heterocycles. The molecule has 0 aromatic heterocycles. The molecule has 10 heavy (non-hydrogen) atoms. The van der Waals surface area contributed by atoms with Crippen molar-refractivity contribution in [2.45, 2.75) is 25.7 Å². The smallest absolute Gasteiger partial charge is 0.0335 e. The van der Waals surface area contributed by atoms with Crippen LogP contribution in [0.15, 0.2) is 36.5 Å². The summed E-state index contributed by atoms with van der Waals surface area (Å²) in [5.41, 5.74) is 1.13. The van der Waals surface area contributed by atoms with Gasteiger partial charge >= 0.3 is 0 Å². The molecule has 0 unspecified atom stereocenters. The summed E-state index contributed by atoms with van der Waals surface area (Å²) in [6.45, 7) is 3.88. The van der Waals surface area contributed by atoms with Crippen molar-refractivity contribution in [2.75, 3.05) is 0 Å². The molecule has 1 aliphatic carbocycles. The van der Waals surface area contributed by atoms with E-state index in [2.05, 4.69) is 30.9 Å². The summed E-state index contributed by atoms with van der Waals surface area (Å²) in [6, 6.07) is 0. The summed E-state index contributed by atoms with van der Waals surface area (Å²) in [6.07, 6.45) is 13.7. The van der Waals surface area contributed by atoms with Crippen LogP contribution < -0.4 is 0 Å². The van der Waals surface area contributed by atoms with Crippen molar-refractivity contribution in [2.24, 2.45) is 0 Å². The minimum atomic E-state index is 1.13. The summed E-state index contributed by atoms with van der Waals surface area (Å²) >= 11 is 0. The molecule has 0 saturated carbocycles. The molecule has 0 bridgehead atoms. The van der Waals surface area contributed by atoms with E-state index in [1.165, 1.54) is 25.7 Å². The third-order valence-corrected chi connectivity index (χ3v) is 1.66. The molecular weight excluding hydrogens is 120 g/mol. The molecule has 0 nitrogen and oxygen atoms in total. The fraction of sp³-hybridized carbons (Fsp3) is 0.400. The van der Waals surface area contributed by atoms with E-state index < -0.39 is 0 Å². The minimum Gasteiger partial charge on any atom is -0.0918 e. The summed E-state index contributed by atoms with van der Waals surface area (Å²) in [5.74, 6) is 0. The van der Waals surface area contributed by atoms with Crippen LogP contribution >= 0.6 is 0 Å². The maximum absolute atomic E-state index is 3.88. The molecule has 0 aromatic carbocycles. The molecule has 0 radical (unpaired) electrons. The number of hydrogen-bond acceptors (Lipinski definition) is 0. The lowest BCUT2D eigenvalue weighted by Gasteiger charge is -1.88. The highest BCUT2D eigenvalue weighted by molar-refractivity contribution is 5.27. The van der Waals surface area contributed by atoms with Crippen LogP contribution in [0, 0.1) is 0 Å². The van der Waals surface area contributed by atoms with Crippen molar-refractivity contribution in [3.05, 3.63) is 36.5 Å². The van der Waals surface area contributed by atoms with E-state index >= 15 is 0 Å². The average Bonchev–Trinajstić information content (AvgIpc) is 2.02. The molecule has 0 saturated heterocycles. The molecule has 54 valence electrons. The second-order valence-electron chi connectivity index (χ2n) is 2.66. The van der Waals surface area contributed by atoms with Gasteiger partial charge in [0, 0.05) is 0 Å². The molecule has 0 heterocycles. The van der Waals surface area contributed by atoms with Crippen molar-refractivity contribution in [1.29, 1.82) is 0 Å². The monoisotopic (exact) mass is 134 g/mol. The number of rotatable bonds is 0. The Morgan fingerprint density at radius 2 is 1.50 bits per heavy atom. The Morgan fingerprint density at radius 3 is 2.00 bits per heavy atom. The van der Waals surface area contributed by atoms with E-state index in [4.69, 9.17) is 0 Å². The van der Waals surface area contributed by atoms with Crippen molar-refractivity contribution in [3.63, 3.8) is 0 Å². The summed E-state index contributed by atoms with van der Waals surface area (Å²) in [7, 11) is 0. The Labute approximate surface area is 62.9 Å². The lowest BCUT2D eigenvalue weighted by atomic mass is 10.2. The summed E-state index contributed by atoms with van der Waals surface area (Å²) in [5, 5.41) is 0. The molecule has 0 aromatic rings. The first-order chi connectivity index (χ1) is 4.89. The molecule has 0 fully saturated rings. The van der Waals surface area contributed by atoms with Gasteiger partial charge in [-0.25, -0.2) is 0 Å². The fourth-order valence-corrected chi connectivity index (χ4v) is 1.05. The van der Waals surface area contributed by atoms with Gasteiger partial charge in [-0.15, -0.1) is 0 Å². The van der Waals surface area contributed by atoms with Gasteiger partial charge in [0.25, 0.3) is 0 Å². The Bertz CT molecular complexity index is 143. The maximum atomic E-state index is 3.88. The van der Waals surface area contributed by atoms with Crippen LogP contribution in [-0.2, 0) is 0 Å². The number of allylic oxidation sites excluding steroid dienone is 5. The van der Waals surface area contributed by atoms with E-state index in [0.29, 0.717) is 0 Å². The molecule has 0 N–H and O–H groups in total. The van der Waals surface area contributed by atoms with Gasteiger partial charge in [-0.3, -0.25) is 0 Å². The standard InChI is InChI=1S/C10H14/c1-10-8-6-4-2-3-5-7-9-10/h6-9H,1-5H2/b8-6-,9-7?. The highest BCUT2D eigenvalue weighted by atomic mass is 13.9. The Morgan fingerprint density at radius 1 is 1.00 bits per heavy atom. The Balaban J connectivity index is 2.51. The van der Waals surface area contributed by atoms with Crippen LogP contribution in [0.25, 0.3) is 0 Å². The second-order valence-corrected chi connectivity index (χ2v) is 2.66. The van der Waals surface area contributed by atoms with Crippen LogP contribution in [0.5, 0.6) is 0 Å². The predicted molar refractivity (Wildman–Crippen MR) is 45.9 cm³/mol. The van der Waals surface area contributed by atoms with Crippen LogP contribution in [0.2, 0.25) is 0 Å². The van der Waals surface area contributed by atoms with Gasteiger partial charge in [-0.1, -0.05) is 30.9 Å². The quantitative estimate of drug-likeness (QED) is 0.477. The summed E-state index contributed by atoms with van der Waals surface area (Å²) < 4.78 is 0. The highest BCUT2D eigenvalue weighted by Gasteiger charge is 1.87. The second kappa shape index (κ2) is 4.10. The SMILES string of the molecule is C=C1C=CCCCC/C=C\1. The van der Waals surface area contributed by atoms with Gasteiger partial charge in [-0.05, 0) is 31.3 Å². The largest absolute Gasteiger partial charge is 0.0918 e. The Hall–Kier alpha value is -0.780. The topological polar surface area (TPSA) is 0 Å². The third-order valence-electron chi connectivity index (χ3n) is 1.66. The first-order valence-electron chi connectivity index (χ1n) is 3.91. The molecule has 0 heteroatoms. The highest BCUT2D eigenvalue weighted by Crippen LogP contribution is 2.07.